The summed E-state index contributed by atoms with van der Waals surface area (Å²) < 4.78 is 4.63. The molecule has 0 aliphatic rings. The SMILES string of the molecule is COC(=O)c1ccc(NC(=O)c2ccc(CNC(=O)NC(C)C)cc2)cc1. The molecule has 0 heterocycles. The first-order valence-corrected chi connectivity index (χ1v) is 8.52. The zero-order chi connectivity index (χ0) is 19.8. The van der Waals surface area contributed by atoms with Crippen molar-refractivity contribution < 1.29 is 19.1 Å². The maximum atomic E-state index is 12.3. The molecule has 0 aromatic heterocycles. The lowest BCUT2D eigenvalue weighted by Gasteiger charge is -2.10. The van der Waals surface area contributed by atoms with Gasteiger partial charge in [-0.15, -0.1) is 0 Å². The third-order valence-electron chi connectivity index (χ3n) is 3.65. The van der Waals surface area contributed by atoms with Gasteiger partial charge in [0, 0.05) is 23.8 Å². The summed E-state index contributed by atoms with van der Waals surface area (Å²) in [5, 5.41) is 8.25. The van der Waals surface area contributed by atoms with Gasteiger partial charge in [0.2, 0.25) is 0 Å². The molecule has 142 valence electrons. The smallest absolute Gasteiger partial charge is 0.337 e. The zero-order valence-corrected chi connectivity index (χ0v) is 15.5. The van der Waals surface area contributed by atoms with Crippen molar-refractivity contribution in [3.05, 3.63) is 65.2 Å². The number of hydrogen-bond donors (Lipinski definition) is 3. The van der Waals surface area contributed by atoms with Gasteiger partial charge < -0.3 is 20.7 Å². The lowest BCUT2D eigenvalue weighted by Crippen LogP contribution is -2.39. The molecule has 7 heteroatoms. The molecule has 2 aromatic carbocycles. The van der Waals surface area contributed by atoms with Gasteiger partial charge in [-0.05, 0) is 55.8 Å². The Balaban J connectivity index is 1.91. The normalized spacial score (nSPS) is 10.2. The van der Waals surface area contributed by atoms with E-state index in [0.717, 1.165) is 5.56 Å². The molecule has 0 aliphatic carbocycles. The van der Waals surface area contributed by atoms with Crippen LogP contribution >= 0.6 is 0 Å². The quantitative estimate of drug-likeness (QED) is 0.682. The van der Waals surface area contributed by atoms with E-state index in [1.165, 1.54) is 7.11 Å². The van der Waals surface area contributed by atoms with Crippen molar-refractivity contribution >= 4 is 23.6 Å². The first-order valence-electron chi connectivity index (χ1n) is 8.52. The van der Waals surface area contributed by atoms with Crippen LogP contribution in [0.2, 0.25) is 0 Å². The highest BCUT2D eigenvalue weighted by molar-refractivity contribution is 6.04. The molecule has 0 radical (unpaired) electrons. The van der Waals surface area contributed by atoms with Gasteiger partial charge in [0.15, 0.2) is 0 Å². The van der Waals surface area contributed by atoms with E-state index in [2.05, 4.69) is 20.7 Å². The van der Waals surface area contributed by atoms with Gasteiger partial charge in [-0.1, -0.05) is 12.1 Å². The highest BCUT2D eigenvalue weighted by Gasteiger charge is 2.09. The molecular formula is C20H23N3O4. The third-order valence-corrected chi connectivity index (χ3v) is 3.65. The second kappa shape index (κ2) is 9.38. The van der Waals surface area contributed by atoms with Gasteiger partial charge in [0.05, 0.1) is 12.7 Å². The number of nitrogens with one attached hydrogen (secondary N) is 3. The number of benzene rings is 2. The van der Waals surface area contributed by atoms with Gasteiger partial charge in [-0.2, -0.15) is 0 Å². The fraction of sp³-hybridized carbons (Fsp3) is 0.250. The van der Waals surface area contributed by atoms with Crippen LogP contribution in [0.5, 0.6) is 0 Å². The van der Waals surface area contributed by atoms with Crippen molar-refractivity contribution in [1.82, 2.24) is 10.6 Å². The Morgan fingerprint density at radius 3 is 2.07 bits per heavy atom. The molecule has 3 N–H and O–H groups in total. The molecule has 0 aliphatic heterocycles. The maximum Gasteiger partial charge on any atom is 0.337 e. The van der Waals surface area contributed by atoms with Crippen LogP contribution in [0.3, 0.4) is 0 Å². The monoisotopic (exact) mass is 369 g/mol. The number of hydrogen-bond acceptors (Lipinski definition) is 4. The summed E-state index contributed by atoms with van der Waals surface area (Å²) in [4.78, 5) is 35.3. The molecule has 2 rings (SSSR count). The minimum Gasteiger partial charge on any atom is -0.465 e. The van der Waals surface area contributed by atoms with E-state index in [4.69, 9.17) is 0 Å². The van der Waals surface area contributed by atoms with E-state index < -0.39 is 5.97 Å². The van der Waals surface area contributed by atoms with Gasteiger partial charge in [-0.3, -0.25) is 4.79 Å². The Morgan fingerprint density at radius 1 is 0.926 bits per heavy atom. The van der Waals surface area contributed by atoms with Crippen LogP contribution in [0.25, 0.3) is 0 Å². The number of carbonyl (C=O) groups is 3. The van der Waals surface area contributed by atoms with E-state index in [9.17, 15) is 14.4 Å². The van der Waals surface area contributed by atoms with Crippen molar-refractivity contribution in [2.24, 2.45) is 0 Å². The minimum atomic E-state index is -0.431. The molecule has 0 fully saturated rings. The Kier molecular flexibility index (Phi) is 6.93. The summed E-state index contributed by atoms with van der Waals surface area (Å²) in [6, 6.07) is 13.2. The Labute approximate surface area is 158 Å². The van der Waals surface area contributed by atoms with E-state index in [1.807, 2.05) is 13.8 Å². The first-order chi connectivity index (χ1) is 12.9. The van der Waals surface area contributed by atoms with Crippen molar-refractivity contribution in [2.75, 3.05) is 12.4 Å². The average Bonchev–Trinajstić information content (AvgIpc) is 2.66. The van der Waals surface area contributed by atoms with Gasteiger partial charge in [0.25, 0.3) is 5.91 Å². The van der Waals surface area contributed by atoms with Crippen molar-refractivity contribution in [3.63, 3.8) is 0 Å². The predicted octanol–water partition coefficient (Wildman–Crippen LogP) is 2.93. The standard InChI is InChI=1S/C20H23N3O4/c1-13(2)22-20(26)21-12-14-4-6-15(7-5-14)18(24)23-17-10-8-16(9-11-17)19(25)27-3/h4-11,13H,12H2,1-3H3,(H,23,24)(H2,21,22,26). The minimum absolute atomic E-state index is 0.0674. The van der Waals surface area contributed by atoms with Crippen molar-refractivity contribution in [1.29, 1.82) is 0 Å². The second-order valence-corrected chi connectivity index (χ2v) is 6.20. The number of esters is 1. The lowest BCUT2D eigenvalue weighted by molar-refractivity contribution is 0.0600. The molecule has 7 nitrogen and oxygen atoms in total. The van der Waals surface area contributed by atoms with E-state index in [0.29, 0.717) is 23.4 Å². The summed E-state index contributed by atoms with van der Waals surface area (Å²) in [6.45, 7) is 4.14. The summed E-state index contributed by atoms with van der Waals surface area (Å²) in [5.41, 5.74) is 2.35. The summed E-state index contributed by atoms with van der Waals surface area (Å²) in [5.74, 6) is -0.697. The number of ether oxygens (including phenoxy) is 1. The average molecular weight is 369 g/mol. The number of carbonyl (C=O) groups excluding carboxylic acids is 3. The zero-order valence-electron chi connectivity index (χ0n) is 15.5. The molecule has 27 heavy (non-hydrogen) atoms. The first kappa shape index (κ1) is 20.0. The molecule has 0 atom stereocenters. The number of methoxy groups -OCH3 is 1. The Hall–Kier alpha value is -3.35. The molecule has 0 spiro atoms. The Morgan fingerprint density at radius 2 is 1.52 bits per heavy atom. The van der Waals surface area contributed by atoms with Gasteiger partial charge >= 0.3 is 12.0 Å². The highest BCUT2D eigenvalue weighted by atomic mass is 16.5. The van der Waals surface area contributed by atoms with Crippen LogP contribution in [0, 0.1) is 0 Å². The molecule has 2 aromatic rings. The number of rotatable bonds is 6. The van der Waals surface area contributed by atoms with Crippen LogP contribution in [0.4, 0.5) is 10.5 Å². The largest absolute Gasteiger partial charge is 0.465 e. The van der Waals surface area contributed by atoms with Gasteiger partial charge in [0.1, 0.15) is 0 Å². The fourth-order valence-corrected chi connectivity index (χ4v) is 2.28. The number of urea groups is 1. The van der Waals surface area contributed by atoms with Crippen molar-refractivity contribution in [2.45, 2.75) is 26.4 Å². The Bertz CT molecular complexity index is 799. The predicted molar refractivity (Wildman–Crippen MR) is 103 cm³/mol. The van der Waals surface area contributed by atoms with E-state index >= 15 is 0 Å². The van der Waals surface area contributed by atoms with Crippen LogP contribution in [-0.4, -0.2) is 31.1 Å². The summed E-state index contributed by atoms with van der Waals surface area (Å²) in [6.07, 6.45) is 0. The highest BCUT2D eigenvalue weighted by Crippen LogP contribution is 2.13. The van der Waals surface area contributed by atoms with E-state index in [1.54, 1.807) is 48.5 Å². The lowest BCUT2D eigenvalue weighted by atomic mass is 10.1. The van der Waals surface area contributed by atoms with Crippen LogP contribution < -0.4 is 16.0 Å². The van der Waals surface area contributed by atoms with Crippen LogP contribution in [0.1, 0.15) is 40.1 Å². The molecule has 3 amide bonds. The third kappa shape index (κ3) is 6.14. The molecule has 0 saturated carbocycles. The number of anilines is 1. The van der Waals surface area contributed by atoms with Crippen LogP contribution in [0.15, 0.2) is 48.5 Å². The molecule has 0 unspecified atom stereocenters. The fourth-order valence-electron chi connectivity index (χ4n) is 2.28. The maximum absolute atomic E-state index is 12.3. The number of amides is 3. The molecule has 0 saturated heterocycles. The summed E-state index contributed by atoms with van der Waals surface area (Å²) in [7, 11) is 1.31. The van der Waals surface area contributed by atoms with Crippen molar-refractivity contribution in [3.8, 4) is 0 Å². The second-order valence-electron chi connectivity index (χ2n) is 6.20. The molecular weight excluding hydrogens is 346 g/mol. The van der Waals surface area contributed by atoms with Crippen LogP contribution in [-0.2, 0) is 11.3 Å². The topological polar surface area (TPSA) is 96.5 Å². The van der Waals surface area contributed by atoms with Gasteiger partial charge in [-0.25, -0.2) is 9.59 Å². The summed E-state index contributed by atoms with van der Waals surface area (Å²) >= 11 is 0. The molecule has 0 bridgehead atoms. The van der Waals surface area contributed by atoms with E-state index in [-0.39, 0.29) is 18.0 Å².